The van der Waals surface area contributed by atoms with Crippen LogP contribution in [0, 0.1) is 13.8 Å². The monoisotopic (exact) mass is 279 g/mol. The smallest absolute Gasteiger partial charge is 0.205 e. The van der Waals surface area contributed by atoms with Crippen molar-refractivity contribution in [3.63, 3.8) is 0 Å². The van der Waals surface area contributed by atoms with Gasteiger partial charge in [-0.3, -0.25) is 4.99 Å². The lowest BCUT2D eigenvalue weighted by atomic mass is 10.3. The molecule has 6 heteroatoms. The van der Waals surface area contributed by atoms with Crippen LogP contribution in [0.2, 0.25) is 0 Å². The van der Waals surface area contributed by atoms with Crippen LogP contribution in [0.15, 0.2) is 32.2 Å². The van der Waals surface area contributed by atoms with E-state index < -0.39 is 0 Å². The van der Waals surface area contributed by atoms with Gasteiger partial charge in [-0.1, -0.05) is 0 Å². The van der Waals surface area contributed by atoms with E-state index in [-0.39, 0.29) is 0 Å². The lowest BCUT2D eigenvalue weighted by Crippen LogP contribution is -2.13. The molecule has 0 unspecified atom stereocenters. The number of methoxy groups -OCH3 is 1. The lowest BCUT2D eigenvalue weighted by molar-refractivity contribution is 0.207. The zero-order valence-corrected chi connectivity index (χ0v) is 12.1. The molecule has 2 aromatic rings. The predicted molar refractivity (Wildman–Crippen MR) is 75.8 cm³/mol. The number of thiazole rings is 1. The molecule has 0 fully saturated rings. The second kappa shape index (κ2) is 6.49. The molecule has 102 valence electrons. The molecule has 0 aliphatic heterocycles. The number of ether oxygens (including phenoxy) is 1. The standard InChI is InChI=1S/C13H17N3O2S/c1-10-4-6-18-12(10)8-15-16-11(2)9-19-13(16)14-5-7-17-3/h4,6,8-9H,5,7H2,1-3H3/b14-13?,15-8+. The van der Waals surface area contributed by atoms with Crippen molar-refractivity contribution in [3.05, 3.63) is 39.5 Å². The molecule has 0 radical (unpaired) electrons. The molecule has 2 heterocycles. The Morgan fingerprint density at radius 1 is 1.47 bits per heavy atom. The Hall–Kier alpha value is -1.66. The van der Waals surface area contributed by atoms with Crippen molar-refractivity contribution in [1.82, 2.24) is 4.68 Å². The Bertz CT molecular complexity index is 622. The van der Waals surface area contributed by atoms with Crippen LogP contribution in [-0.2, 0) is 4.74 Å². The van der Waals surface area contributed by atoms with Gasteiger partial charge in [-0.25, -0.2) is 4.68 Å². The van der Waals surface area contributed by atoms with Crippen molar-refractivity contribution in [1.29, 1.82) is 0 Å². The minimum absolute atomic E-state index is 0.609. The summed E-state index contributed by atoms with van der Waals surface area (Å²) in [6.45, 7) is 5.22. The summed E-state index contributed by atoms with van der Waals surface area (Å²) in [6, 6.07) is 1.91. The normalized spacial score (nSPS) is 12.7. The van der Waals surface area contributed by atoms with Crippen LogP contribution >= 0.6 is 11.3 Å². The minimum Gasteiger partial charge on any atom is -0.463 e. The molecule has 5 nitrogen and oxygen atoms in total. The number of furan rings is 1. The van der Waals surface area contributed by atoms with Gasteiger partial charge in [0.2, 0.25) is 4.80 Å². The second-order valence-electron chi connectivity index (χ2n) is 4.06. The summed E-state index contributed by atoms with van der Waals surface area (Å²) in [7, 11) is 1.67. The molecule has 0 bridgehead atoms. The van der Waals surface area contributed by atoms with Crippen LogP contribution in [0.3, 0.4) is 0 Å². The first-order valence-electron chi connectivity index (χ1n) is 5.97. The Balaban J connectivity index is 2.25. The van der Waals surface area contributed by atoms with Gasteiger partial charge in [-0.15, -0.1) is 11.3 Å². The largest absolute Gasteiger partial charge is 0.463 e. The highest BCUT2D eigenvalue weighted by molar-refractivity contribution is 7.07. The molecule has 0 saturated carbocycles. The highest BCUT2D eigenvalue weighted by atomic mass is 32.1. The van der Waals surface area contributed by atoms with Crippen LogP contribution in [-0.4, -0.2) is 31.2 Å². The number of hydrogen-bond acceptors (Lipinski definition) is 5. The Labute approximate surface area is 115 Å². The number of rotatable bonds is 5. The van der Waals surface area contributed by atoms with E-state index in [1.54, 1.807) is 30.9 Å². The zero-order valence-electron chi connectivity index (χ0n) is 11.3. The lowest BCUT2D eigenvalue weighted by Gasteiger charge is -1.97. The van der Waals surface area contributed by atoms with E-state index in [9.17, 15) is 0 Å². The van der Waals surface area contributed by atoms with Gasteiger partial charge >= 0.3 is 0 Å². The molecule has 0 saturated heterocycles. The van der Waals surface area contributed by atoms with Crippen LogP contribution in [0.4, 0.5) is 0 Å². The van der Waals surface area contributed by atoms with E-state index >= 15 is 0 Å². The topological polar surface area (TPSA) is 52.0 Å². The van der Waals surface area contributed by atoms with Gasteiger partial charge < -0.3 is 9.15 Å². The Morgan fingerprint density at radius 2 is 2.32 bits per heavy atom. The molecule has 0 aliphatic carbocycles. The molecule has 19 heavy (non-hydrogen) atoms. The molecule has 0 aromatic carbocycles. The van der Waals surface area contributed by atoms with Crippen LogP contribution < -0.4 is 4.80 Å². The maximum absolute atomic E-state index is 5.33. The average Bonchev–Trinajstić information content (AvgIpc) is 2.95. The van der Waals surface area contributed by atoms with E-state index in [0.29, 0.717) is 13.2 Å². The fourth-order valence-electron chi connectivity index (χ4n) is 1.49. The summed E-state index contributed by atoms with van der Waals surface area (Å²) in [4.78, 5) is 5.31. The number of nitrogens with zero attached hydrogens (tertiary/aromatic N) is 3. The molecule has 0 aliphatic rings. The second-order valence-corrected chi connectivity index (χ2v) is 4.89. The van der Waals surface area contributed by atoms with Gasteiger partial charge in [0.15, 0.2) is 0 Å². The highest BCUT2D eigenvalue weighted by Crippen LogP contribution is 2.06. The Kier molecular flexibility index (Phi) is 4.70. The molecular weight excluding hydrogens is 262 g/mol. The SMILES string of the molecule is COCCN=c1scc(C)n1/N=C/c1occc1C. The summed E-state index contributed by atoms with van der Waals surface area (Å²) in [5.74, 6) is 0.765. The summed E-state index contributed by atoms with van der Waals surface area (Å²) < 4.78 is 12.1. The summed E-state index contributed by atoms with van der Waals surface area (Å²) in [5, 5.41) is 6.45. The number of hydrogen-bond donors (Lipinski definition) is 0. The van der Waals surface area contributed by atoms with Crippen LogP contribution in [0.25, 0.3) is 0 Å². The van der Waals surface area contributed by atoms with Crippen LogP contribution in [0.5, 0.6) is 0 Å². The summed E-state index contributed by atoms with van der Waals surface area (Å²) >= 11 is 1.56. The van der Waals surface area contributed by atoms with E-state index in [0.717, 1.165) is 21.8 Å². The quantitative estimate of drug-likeness (QED) is 0.622. The first kappa shape index (κ1) is 13.8. The van der Waals surface area contributed by atoms with E-state index in [2.05, 4.69) is 10.1 Å². The van der Waals surface area contributed by atoms with Gasteiger partial charge in [0.1, 0.15) is 5.76 Å². The molecule has 0 atom stereocenters. The zero-order chi connectivity index (χ0) is 13.7. The summed E-state index contributed by atoms with van der Waals surface area (Å²) in [5.41, 5.74) is 2.11. The van der Waals surface area contributed by atoms with Gasteiger partial charge in [0.25, 0.3) is 0 Å². The number of aromatic nitrogens is 1. The van der Waals surface area contributed by atoms with Crippen molar-refractivity contribution in [2.45, 2.75) is 13.8 Å². The maximum Gasteiger partial charge on any atom is 0.205 e. The molecule has 0 spiro atoms. The molecule has 0 amide bonds. The number of aryl methyl sites for hydroxylation is 2. The first-order valence-corrected chi connectivity index (χ1v) is 6.85. The third-order valence-corrected chi connectivity index (χ3v) is 3.56. The van der Waals surface area contributed by atoms with E-state index in [1.165, 1.54) is 0 Å². The highest BCUT2D eigenvalue weighted by Gasteiger charge is 2.01. The molecule has 2 rings (SSSR count). The van der Waals surface area contributed by atoms with Gasteiger partial charge in [-0.05, 0) is 25.5 Å². The van der Waals surface area contributed by atoms with Gasteiger partial charge in [0, 0.05) is 12.5 Å². The van der Waals surface area contributed by atoms with Crippen molar-refractivity contribution in [3.8, 4) is 0 Å². The fourth-order valence-corrected chi connectivity index (χ4v) is 2.33. The minimum atomic E-state index is 0.609. The van der Waals surface area contributed by atoms with Gasteiger partial charge in [-0.2, -0.15) is 5.10 Å². The third kappa shape index (κ3) is 3.42. The van der Waals surface area contributed by atoms with Crippen molar-refractivity contribution >= 4 is 17.6 Å². The molecular formula is C13H17N3O2S. The van der Waals surface area contributed by atoms with Crippen molar-refractivity contribution in [2.24, 2.45) is 10.1 Å². The van der Waals surface area contributed by atoms with Crippen LogP contribution in [0.1, 0.15) is 17.0 Å². The first-order chi connectivity index (χ1) is 9.22. The van der Waals surface area contributed by atoms with Gasteiger partial charge in [0.05, 0.1) is 31.3 Å². The molecule has 0 N–H and O–H groups in total. The van der Waals surface area contributed by atoms with Crippen molar-refractivity contribution < 1.29 is 9.15 Å². The summed E-state index contributed by atoms with van der Waals surface area (Å²) in [6.07, 6.45) is 3.37. The fraction of sp³-hybridized carbons (Fsp3) is 0.385. The predicted octanol–water partition coefficient (Wildman–Crippen LogP) is 2.19. The van der Waals surface area contributed by atoms with E-state index in [1.807, 2.05) is 30.0 Å². The van der Waals surface area contributed by atoms with Crippen molar-refractivity contribution in [2.75, 3.05) is 20.3 Å². The third-order valence-electron chi connectivity index (χ3n) is 2.58. The van der Waals surface area contributed by atoms with E-state index in [4.69, 9.17) is 9.15 Å². The Morgan fingerprint density at radius 3 is 3.00 bits per heavy atom. The maximum atomic E-state index is 5.33. The molecule has 2 aromatic heterocycles. The average molecular weight is 279 g/mol.